The van der Waals surface area contributed by atoms with Crippen LogP contribution in [0.3, 0.4) is 0 Å². The van der Waals surface area contributed by atoms with Crippen molar-refractivity contribution in [3.8, 4) is 0 Å². The Morgan fingerprint density at radius 1 is 1.07 bits per heavy atom. The molecule has 0 atom stereocenters. The van der Waals surface area contributed by atoms with Gasteiger partial charge in [-0.05, 0) is 0 Å². The largest absolute Gasteiger partial charge is 0.419 e. The molecule has 0 aliphatic heterocycles. The maximum absolute atomic E-state index is 10.7. The minimum Gasteiger partial charge on any atom is -0.419 e. The highest BCUT2D eigenvalue weighted by Crippen LogP contribution is 2.02. The van der Waals surface area contributed by atoms with E-state index in [1.807, 2.05) is 21.1 Å². The Bertz CT molecular complexity index is 203. The van der Waals surface area contributed by atoms with Crippen molar-refractivity contribution in [2.75, 3.05) is 27.7 Å². The van der Waals surface area contributed by atoms with E-state index in [9.17, 15) is 9.59 Å². The molecule has 0 spiro atoms. The van der Waals surface area contributed by atoms with E-state index >= 15 is 0 Å². The molecule has 0 aliphatic carbocycles. The van der Waals surface area contributed by atoms with Gasteiger partial charge in [-0.1, -0.05) is 0 Å². The fourth-order valence-corrected chi connectivity index (χ4v) is 0.916. The predicted molar refractivity (Wildman–Crippen MR) is 50.2 cm³/mol. The van der Waals surface area contributed by atoms with Gasteiger partial charge < -0.3 is 14.0 Å². The van der Waals surface area contributed by atoms with Crippen molar-refractivity contribution in [3.05, 3.63) is 0 Å². The van der Waals surface area contributed by atoms with E-state index in [1.54, 1.807) is 0 Å². The Morgan fingerprint density at radius 3 is 1.64 bits per heavy atom. The first kappa shape index (κ1) is 12.9. The predicted octanol–water partition coefficient (Wildman–Crippen LogP) is 0.145. The van der Waals surface area contributed by atoms with Crippen LogP contribution < -0.4 is 0 Å². The lowest BCUT2D eigenvalue weighted by molar-refractivity contribution is -0.876. The second-order valence-electron chi connectivity index (χ2n) is 4.12. The zero-order valence-corrected chi connectivity index (χ0v) is 9.36. The van der Waals surface area contributed by atoms with Crippen LogP contribution >= 0.6 is 0 Å². The molecule has 0 aromatic heterocycles. The van der Waals surface area contributed by atoms with Gasteiger partial charge in [0, 0.05) is 13.8 Å². The number of likely N-dealkylation sites (N-methyl/N-ethyl adjacent to an activating group) is 1. The summed E-state index contributed by atoms with van der Waals surface area (Å²) in [6, 6.07) is 0. The van der Waals surface area contributed by atoms with Gasteiger partial charge >= 0.3 is 11.9 Å². The van der Waals surface area contributed by atoms with Gasteiger partial charge in [0.15, 0.2) is 6.54 Å². The molecular formula is C9H18NO4+. The van der Waals surface area contributed by atoms with E-state index in [4.69, 9.17) is 9.47 Å². The van der Waals surface area contributed by atoms with Crippen LogP contribution in [0, 0.1) is 0 Å². The van der Waals surface area contributed by atoms with Gasteiger partial charge in [-0.3, -0.25) is 9.59 Å². The fourth-order valence-electron chi connectivity index (χ4n) is 0.916. The van der Waals surface area contributed by atoms with Gasteiger partial charge in [-0.2, -0.15) is 0 Å². The molecule has 82 valence electrons. The summed E-state index contributed by atoms with van der Waals surface area (Å²) in [7, 11) is 5.75. The Hall–Kier alpha value is -1.10. The molecule has 0 aliphatic rings. The third kappa shape index (κ3) is 7.54. The van der Waals surface area contributed by atoms with Crippen molar-refractivity contribution in [3.63, 3.8) is 0 Å². The smallest absolute Gasteiger partial charge is 0.305 e. The lowest BCUT2D eigenvalue weighted by atomic mass is 10.5. The highest BCUT2D eigenvalue weighted by molar-refractivity contribution is 5.68. The van der Waals surface area contributed by atoms with Crippen LogP contribution in [0.2, 0.25) is 0 Å². The standard InChI is InChI=1S/C9H18NO4/c1-7(11)13-9(14-8(2)12)6-10(3,4)5/h9H,6H2,1-5H3/q+1. The average Bonchev–Trinajstić information content (AvgIpc) is 1.77. The summed E-state index contributed by atoms with van der Waals surface area (Å²) < 4.78 is 10.2. The van der Waals surface area contributed by atoms with Gasteiger partial charge in [0.1, 0.15) is 0 Å². The van der Waals surface area contributed by atoms with Crippen molar-refractivity contribution in [1.29, 1.82) is 0 Å². The minimum atomic E-state index is -0.801. The van der Waals surface area contributed by atoms with Gasteiger partial charge in [-0.25, -0.2) is 0 Å². The van der Waals surface area contributed by atoms with Crippen molar-refractivity contribution in [2.24, 2.45) is 0 Å². The molecule has 5 heteroatoms. The molecule has 5 nitrogen and oxygen atoms in total. The van der Waals surface area contributed by atoms with Crippen LogP contribution in [-0.2, 0) is 19.1 Å². The number of carbonyl (C=O) groups excluding carboxylic acids is 2. The summed E-state index contributed by atoms with van der Waals surface area (Å²) in [6.45, 7) is 3.00. The van der Waals surface area contributed by atoms with Crippen LogP contribution in [-0.4, -0.2) is 50.4 Å². The number of rotatable bonds is 4. The van der Waals surface area contributed by atoms with E-state index in [2.05, 4.69) is 0 Å². The number of esters is 2. The fraction of sp³-hybridized carbons (Fsp3) is 0.778. The summed E-state index contributed by atoms with van der Waals surface area (Å²) in [4.78, 5) is 21.4. The Morgan fingerprint density at radius 2 is 1.43 bits per heavy atom. The highest BCUT2D eigenvalue weighted by atomic mass is 16.7. The van der Waals surface area contributed by atoms with Crippen LogP contribution in [0.25, 0.3) is 0 Å². The Kier molecular flexibility index (Phi) is 4.56. The minimum absolute atomic E-state index is 0.430. The molecule has 0 fully saturated rings. The second kappa shape index (κ2) is 4.95. The molecule has 0 N–H and O–H groups in total. The highest BCUT2D eigenvalue weighted by Gasteiger charge is 2.23. The molecule has 0 saturated carbocycles. The van der Waals surface area contributed by atoms with Crippen LogP contribution in [0.5, 0.6) is 0 Å². The molecule has 0 unspecified atom stereocenters. The quantitative estimate of drug-likeness (QED) is 0.371. The van der Waals surface area contributed by atoms with Crippen LogP contribution in [0.1, 0.15) is 13.8 Å². The van der Waals surface area contributed by atoms with Gasteiger partial charge in [0.05, 0.1) is 21.1 Å². The summed E-state index contributed by atoms with van der Waals surface area (Å²) in [6.07, 6.45) is -0.801. The Labute approximate surface area is 84.2 Å². The second-order valence-corrected chi connectivity index (χ2v) is 4.12. The van der Waals surface area contributed by atoms with Gasteiger partial charge in [0.2, 0.25) is 0 Å². The first-order chi connectivity index (χ1) is 6.20. The topological polar surface area (TPSA) is 52.6 Å². The van der Waals surface area contributed by atoms with E-state index in [0.717, 1.165) is 0 Å². The van der Waals surface area contributed by atoms with Crippen LogP contribution in [0.15, 0.2) is 0 Å². The maximum Gasteiger partial charge on any atom is 0.305 e. The third-order valence-electron chi connectivity index (χ3n) is 1.29. The lowest BCUT2D eigenvalue weighted by Gasteiger charge is -2.27. The number of ether oxygens (including phenoxy) is 2. The number of nitrogens with zero attached hydrogens (tertiary/aromatic N) is 1. The first-order valence-electron chi connectivity index (χ1n) is 4.35. The zero-order chi connectivity index (χ0) is 11.4. The normalized spacial score (nSPS) is 11.3. The summed E-state index contributed by atoms with van der Waals surface area (Å²) in [5.41, 5.74) is 0. The molecule has 0 radical (unpaired) electrons. The van der Waals surface area contributed by atoms with E-state index in [1.165, 1.54) is 13.8 Å². The first-order valence-corrected chi connectivity index (χ1v) is 4.35. The molecule has 0 saturated heterocycles. The zero-order valence-electron chi connectivity index (χ0n) is 9.36. The molecule has 14 heavy (non-hydrogen) atoms. The van der Waals surface area contributed by atoms with Crippen molar-refractivity contribution >= 4 is 11.9 Å². The summed E-state index contributed by atoms with van der Waals surface area (Å²) >= 11 is 0. The molecule has 0 amide bonds. The lowest BCUT2D eigenvalue weighted by Crippen LogP contribution is -2.44. The summed E-state index contributed by atoms with van der Waals surface area (Å²) in [5.74, 6) is -0.908. The van der Waals surface area contributed by atoms with Crippen molar-refractivity contribution in [1.82, 2.24) is 0 Å². The number of quaternary nitrogens is 1. The number of carbonyl (C=O) groups is 2. The van der Waals surface area contributed by atoms with E-state index in [-0.39, 0.29) is 0 Å². The third-order valence-corrected chi connectivity index (χ3v) is 1.29. The van der Waals surface area contributed by atoms with Crippen LogP contribution in [0.4, 0.5) is 0 Å². The van der Waals surface area contributed by atoms with E-state index < -0.39 is 18.2 Å². The van der Waals surface area contributed by atoms with E-state index in [0.29, 0.717) is 11.0 Å². The summed E-state index contributed by atoms with van der Waals surface area (Å²) in [5, 5.41) is 0. The van der Waals surface area contributed by atoms with Crippen molar-refractivity contribution in [2.45, 2.75) is 20.1 Å². The number of hydrogen-bond acceptors (Lipinski definition) is 4. The SMILES string of the molecule is CC(=O)OC(C[N+](C)(C)C)OC(C)=O. The molecule has 0 rings (SSSR count). The Balaban J connectivity index is 4.24. The number of hydrogen-bond donors (Lipinski definition) is 0. The van der Waals surface area contributed by atoms with Crippen molar-refractivity contribution < 1.29 is 23.5 Å². The van der Waals surface area contributed by atoms with Gasteiger partial charge in [0.25, 0.3) is 6.29 Å². The van der Waals surface area contributed by atoms with Gasteiger partial charge in [-0.15, -0.1) is 0 Å². The monoisotopic (exact) mass is 204 g/mol. The molecule has 0 aromatic carbocycles. The molecular weight excluding hydrogens is 186 g/mol. The maximum atomic E-state index is 10.7. The average molecular weight is 204 g/mol. The molecule has 0 bridgehead atoms. The molecule has 0 aromatic rings. The molecule has 0 heterocycles.